The number of aryl methyl sites for hydroxylation is 1. The van der Waals surface area contributed by atoms with Gasteiger partial charge in [0.25, 0.3) is 0 Å². The average molecular weight is 141 g/mol. The van der Waals surface area contributed by atoms with E-state index in [2.05, 4.69) is 20.3 Å². The van der Waals surface area contributed by atoms with Crippen LogP contribution in [0.1, 0.15) is 18.3 Å². The number of hydrogen-bond acceptors (Lipinski definition) is 4. The van der Waals surface area contributed by atoms with Crippen molar-refractivity contribution < 1.29 is 4.63 Å². The van der Waals surface area contributed by atoms with Crippen LogP contribution >= 0.6 is 0 Å². The molecule has 0 aliphatic carbocycles. The summed E-state index contributed by atoms with van der Waals surface area (Å²) in [5.41, 5.74) is 1.75. The van der Waals surface area contributed by atoms with E-state index in [0.717, 1.165) is 24.5 Å². The Morgan fingerprint density at radius 2 is 2.30 bits per heavy atom. The van der Waals surface area contributed by atoms with Crippen LogP contribution in [0.2, 0.25) is 0 Å². The third kappa shape index (κ3) is 1.54. The van der Waals surface area contributed by atoms with Crippen LogP contribution in [0.5, 0.6) is 0 Å². The Morgan fingerprint density at radius 3 is 2.80 bits per heavy atom. The summed E-state index contributed by atoms with van der Waals surface area (Å²) in [6.07, 6.45) is 0. The number of nitrogens with zero attached hydrogens (tertiary/aromatic N) is 2. The molecule has 0 atom stereocenters. The molecule has 1 aromatic rings. The molecule has 10 heavy (non-hydrogen) atoms. The number of nitrogens with one attached hydrogen (secondary N) is 1. The van der Waals surface area contributed by atoms with Gasteiger partial charge < -0.3 is 5.32 Å². The van der Waals surface area contributed by atoms with E-state index in [1.54, 1.807) is 0 Å². The normalized spacial score (nSPS) is 10.2. The Bertz CT molecular complexity index is 197. The fourth-order valence-corrected chi connectivity index (χ4v) is 0.653. The molecule has 0 spiro atoms. The summed E-state index contributed by atoms with van der Waals surface area (Å²) in [4.78, 5) is 0. The molecule has 0 saturated carbocycles. The predicted molar refractivity (Wildman–Crippen MR) is 36.4 cm³/mol. The minimum absolute atomic E-state index is 0.742. The second-order valence-corrected chi connectivity index (χ2v) is 2.08. The Balaban J connectivity index is 2.49. The summed E-state index contributed by atoms with van der Waals surface area (Å²) in [5, 5.41) is 10.5. The lowest BCUT2D eigenvalue weighted by Crippen LogP contribution is -2.12. The van der Waals surface area contributed by atoms with Crippen molar-refractivity contribution in [3.63, 3.8) is 0 Å². The first kappa shape index (κ1) is 7.21. The van der Waals surface area contributed by atoms with Crippen molar-refractivity contribution in [1.82, 2.24) is 15.6 Å². The van der Waals surface area contributed by atoms with Gasteiger partial charge in [-0.15, -0.1) is 0 Å². The zero-order valence-corrected chi connectivity index (χ0v) is 6.22. The lowest BCUT2D eigenvalue weighted by molar-refractivity contribution is 0.300. The predicted octanol–water partition coefficient (Wildman–Crippen LogP) is 0.488. The molecule has 56 valence electrons. The SMILES string of the molecule is CCNCc1nonc1C. The smallest absolute Gasteiger partial charge is 0.121 e. The first-order valence-corrected chi connectivity index (χ1v) is 3.33. The van der Waals surface area contributed by atoms with E-state index in [-0.39, 0.29) is 0 Å². The highest BCUT2D eigenvalue weighted by Crippen LogP contribution is 1.98. The summed E-state index contributed by atoms with van der Waals surface area (Å²) < 4.78 is 4.50. The van der Waals surface area contributed by atoms with Crippen LogP contribution in [0.25, 0.3) is 0 Å². The lowest BCUT2D eigenvalue weighted by atomic mass is 10.3. The van der Waals surface area contributed by atoms with E-state index in [0.29, 0.717) is 0 Å². The fraction of sp³-hybridized carbons (Fsp3) is 0.667. The largest absolute Gasteiger partial charge is 0.311 e. The van der Waals surface area contributed by atoms with Gasteiger partial charge in [0.05, 0.1) is 0 Å². The molecular weight excluding hydrogens is 130 g/mol. The van der Waals surface area contributed by atoms with Crippen molar-refractivity contribution in [2.45, 2.75) is 20.4 Å². The topological polar surface area (TPSA) is 51.0 Å². The maximum Gasteiger partial charge on any atom is 0.121 e. The van der Waals surface area contributed by atoms with Gasteiger partial charge in [0, 0.05) is 6.54 Å². The van der Waals surface area contributed by atoms with Crippen molar-refractivity contribution >= 4 is 0 Å². The molecule has 1 heterocycles. The van der Waals surface area contributed by atoms with Gasteiger partial charge in [-0.25, -0.2) is 4.63 Å². The maximum absolute atomic E-state index is 4.50. The third-order valence-corrected chi connectivity index (χ3v) is 1.29. The molecule has 4 heteroatoms. The minimum atomic E-state index is 0.742. The summed E-state index contributed by atoms with van der Waals surface area (Å²) in [7, 11) is 0. The molecule has 0 aromatic carbocycles. The molecule has 0 aliphatic heterocycles. The average Bonchev–Trinajstić information content (AvgIpc) is 2.31. The second-order valence-electron chi connectivity index (χ2n) is 2.08. The molecule has 1 rings (SSSR count). The van der Waals surface area contributed by atoms with Gasteiger partial charge in [-0.1, -0.05) is 17.2 Å². The summed E-state index contributed by atoms with van der Waals surface area (Å²) >= 11 is 0. The van der Waals surface area contributed by atoms with Crippen LogP contribution in [0.15, 0.2) is 4.63 Å². The number of rotatable bonds is 3. The van der Waals surface area contributed by atoms with Crippen LogP contribution in [-0.2, 0) is 6.54 Å². The van der Waals surface area contributed by atoms with Crippen molar-refractivity contribution in [3.8, 4) is 0 Å². The van der Waals surface area contributed by atoms with Gasteiger partial charge in [-0.3, -0.25) is 0 Å². The second kappa shape index (κ2) is 3.31. The fourth-order valence-electron chi connectivity index (χ4n) is 0.653. The first-order valence-electron chi connectivity index (χ1n) is 3.33. The van der Waals surface area contributed by atoms with Gasteiger partial charge in [0.2, 0.25) is 0 Å². The van der Waals surface area contributed by atoms with Gasteiger partial charge in [0.1, 0.15) is 11.4 Å². The van der Waals surface area contributed by atoms with Gasteiger partial charge in [-0.05, 0) is 13.5 Å². The standard InChI is InChI=1S/C6H11N3O/c1-3-7-4-6-5(2)8-10-9-6/h7H,3-4H2,1-2H3. The monoisotopic (exact) mass is 141 g/mol. The molecule has 0 bridgehead atoms. The van der Waals surface area contributed by atoms with E-state index in [4.69, 9.17) is 0 Å². The van der Waals surface area contributed by atoms with E-state index >= 15 is 0 Å². The zero-order valence-electron chi connectivity index (χ0n) is 6.22. The van der Waals surface area contributed by atoms with E-state index < -0.39 is 0 Å². The summed E-state index contributed by atoms with van der Waals surface area (Å²) in [6, 6.07) is 0. The molecule has 4 nitrogen and oxygen atoms in total. The molecular formula is C6H11N3O. The molecule has 1 N–H and O–H groups in total. The maximum atomic E-state index is 4.50. The lowest BCUT2D eigenvalue weighted by Gasteiger charge is -1.94. The van der Waals surface area contributed by atoms with Crippen LogP contribution < -0.4 is 5.32 Å². The quantitative estimate of drug-likeness (QED) is 0.665. The Labute approximate surface area is 59.6 Å². The van der Waals surface area contributed by atoms with Gasteiger partial charge >= 0.3 is 0 Å². The van der Waals surface area contributed by atoms with Gasteiger partial charge in [0.15, 0.2) is 0 Å². The molecule has 0 aliphatic rings. The van der Waals surface area contributed by atoms with Crippen LogP contribution in [-0.4, -0.2) is 16.9 Å². The van der Waals surface area contributed by atoms with Crippen molar-refractivity contribution in [2.24, 2.45) is 0 Å². The summed E-state index contributed by atoms with van der Waals surface area (Å²) in [6.45, 7) is 5.60. The molecule has 0 radical (unpaired) electrons. The molecule has 0 fully saturated rings. The highest BCUT2D eigenvalue weighted by molar-refractivity contribution is 5.03. The van der Waals surface area contributed by atoms with Crippen molar-refractivity contribution in [3.05, 3.63) is 11.4 Å². The third-order valence-electron chi connectivity index (χ3n) is 1.29. The molecule has 1 aromatic heterocycles. The Morgan fingerprint density at radius 1 is 1.50 bits per heavy atom. The number of hydrogen-bond donors (Lipinski definition) is 1. The molecule has 0 saturated heterocycles. The molecule has 0 unspecified atom stereocenters. The van der Waals surface area contributed by atoms with Crippen molar-refractivity contribution in [2.75, 3.05) is 6.54 Å². The highest BCUT2D eigenvalue weighted by Gasteiger charge is 2.01. The van der Waals surface area contributed by atoms with E-state index in [1.165, 1.54) is 0 Å². The van der Waals surface area contributed by atoms with E-state index in [1.807, 2.05) is 13.8 Å². The first-order chi connectivity index (χ1) is 4.84. The van der Waals surface area contributed by atoms with Crippen LogP contribution in [0, 0.1) is 6.92 Å². The molecule has 0 amide bonds. The Hall–Kier alpha value is -0.900. The van der Waals surface area contributed by atoms with Crippen LogP contribution in [0.3, 0.4) is 0 Å². The summed E-state index contributed by atoms with van der Waals surface area (Å²) in [5.74, 6) is 0. The number of aromatic nitrogens is 2. The Kier molecular flexibility index (Phi) is 2.39. The van der Waals surface area contributed by atoms with E-state index in [9.17, 15) is 0 Å². The van der Waals surface area contributed by atoms with Crippen LogP contribution in [0.4, 0.5) is 0 Å². The van der Waals surface area contributed by atoms with Gasteiger partial charge in [-0.2, -0.15) is 0 Å². The van der Waals surface area contributed by atoms with Crippen molar-refractivity contribution in [1.29, 1.82) is 0 Å². The highest BCUT2D eigenvalue weighted by atomic mass is 16.6. The zero-order chi connectivity index (χ0) is 7.40. The minimum Gasteiger partial charge on any atom is -0.311 e.